The first-order chi connectivity index (χ1) is 9.61. The van der Waals surface area contributed by atoms with Crippen LogP contribution in [0.5, 0.6) is 0 Å². The number of carbonyl (C=O) groups is 2. The lowest BCUT2D eigenvalue weighted by atomic mass is 10.00. The Morgan fingerprint density at radius 1 is 1.05 bits per heavy atom. The van der Waals surface area contributed by atoms with E-state index in [1.807, 2.05) is 6.92 Å². The highest BCUT2D eigenvalue weighted by Crippen LogP contribution is 2.14. The van der Waals surface area contributed by atoms with E-state index < -0.39 is 5.97 Å². The number of unbranched alkanes of at least 4 members (excludes halogenated alkanes) is 1. The van der Waals surface area contributed by atoms with E-state index in [0.29, 0.717) is 6.61 Å². The normalized spacial score (nSPS) is 12.1. The summed E-state index contributed by atoms with van der Waals surface area (Å²) in [5.41, 5.74) is 0. The Kier molecular flexibility index (Phi) is 12.1. The Morgan fingerprint density at radius 2 is 1.70 bits per heavy atom. The topological polar surface area (TPSA) is 82.1 Å². The monoisotopic (exact) mass is 290 g/mol. The zero-order valence-electron chi connectivity index (χ0n) is 12.4. The van der Waals surface area contributed by atoms with Crippen LogP contribution in [0.25, 0.3) is 0 Å². The van der Waals surface area contributed by atoms with Crippen molar-refractivity contribution < 1.29 is 28.9 Å². The number of aliphatic carboxylic acids is 1. The third-order valence-electron chi connectivity index (χ3n) is 2.80. The van der Waals surface area contributed by atoms with Gasteiger partial charge in [-0.05, 0) is 12.8 Å². The maximum atomic E-state index is 11.7. The maximum absolute atomic E-state index is 11.7. The van der Waals surface area contributed by atoms with Gasteiger partial charge in [0.1, 0.15) is 13.2 Å². The molecule has 1 atom stereocenters. The van der Waals surface area contributed by atoms with Crippen LogP contribution in [0.15, 0.2) is 0 Å². The molecule has 6 nitrogen and oxygen atoms in total. The second-order valence-corrected chi connectivity index (χ2v) is 4.47. The van der Waals surface area contributed by atoms with Crippen molar-refractivity contribution in [2.45, 2.75) is 39.5 Å². The van der Waals surface area contributed by atoms with Crippen LogP contribution in [0.1, 0.15) is 39.5 Å². The molecular formula is C14H26O6. The molecule has 0 aliphatic rings. The molecule has 0 fully saturated rings. The van der Waals surface area contributed by atoms with E-state index in [-0.39, 0.29) is 38.3 Å². The Morgan fingerprint density at radius 3 is 2.30 bits per heavy atom. The average molecular weight is 290 g/mol. The van der Waals surface area contributed by atoms with Gasteiger partial charge in [-0.15, -0.1) is 0 Å². The zero-order chi connectivity index (χ0) is 15.2. The minimum absolute atomic E-state index is 0.0196. The molecule has 0 aliphatic heterocycles. The van der Waals surface area contributed by atoms with Gasteiger partial charge in [0.25, 0.3) is 0 Å². The second kappa shape index (κ2) is 12.9. The molecule has 1 unspecified atom stereocenters. The summed E-state index contributed by atoms with van der Waals surface area (Å²) in [4.78, 5) is 21.9. The second-order valence-electron chi connectivity index (χ2n) is 4.47. The SMILES string of the molecule is CCCCC(CC)C(=O)OCCOCCOCC(=O)O. The summed E-state index contributed by atoms with van der Waals surface area (Å²) in [6, 6.07) is 0. The zero-order valence-corrected chi connectivity index (χ0v) is 12.4. The molecular weight excluding hydrogens is 264 g/mol. The van der Waals surface area contributed by atoms with Crippen molar-refractivity contribution in [3.8, 4) is 0 Å². The molecule has 1 N–H and O–H groups in total. The van der Waals surface area contributed by atoms with Gasteiger partial charge < -0.3 is 19.3 Å². The lowest BCUT2D eigenvalue weighted by Gasteiger charge is -2.13. The fourth-order valence-corrected chi connectivity index (χ4v) is 1.64. The van der Waals surface area contributed by atoms with Crippen LogP contribution in [-0.2, 0) is 23.8 Å². The van der Waals surface area contributed by atoms with Crippen LogP contribution in [-0.4, -0.2) is 50.1 Å². The van der Waals surface area contributed by atoms with Crippen molar-refractivity contribution in [3.63, 3.8) is 0 Å². The summed E-state index contributed by atoms with van der Waals surface area (Å²) in [5.74, 6) is -1.18. The van der Waals surface area contributed by atoms with Gasteiger partial charge in [-0.3, -0.25) is 4.79 Å². The minimum atomic E-state index is -1.00. The summed E-state index contributed by atoms with van der Waals surface area (Å²) in [6.07, 6.45) is 3.77. The standard InChI is InChI=1S/C14H26O6/c1-3-5-6-12(4-2)14(17)20-10-9-18-7-8-19-11-13(15)16/h12H,3-11H2,1-2H3,(H,15,16). The molecule has 0 aliphatic carbocycles. The third kappa shape index (κ3) is 10.8. The van der Waals surface area contributed by atoms with E-state index in [0.717, 1.165) is 25.7 Å². The molecule has 0 bridgehead atoms. The van der Waals surface area contributed by atoms with Crippen molar-refractivity contribution in [3.05, 3.63) is 0 Å². The minimum Gasteiger partial charge on any atom is -0.480 e. The van der Waals surface area contributed by atoms with Gasteiger partial charge in [0.15, 0.2) is 0 Å². The Balaban J connectivity index is 3.48. The van der Waals surface area contributed by atoms with Crippen LogP contribution < -0.4 is 0 Å². The molecule has 0 saturated heterocycles. The van der Waals surface area contributed by atoms with Gasteiger partial charge in [-0.25, -0.2) is 4.79 Å². The van der Waals surface area contributed by atoms with E-state index >= 15 is 0 Å². The predicted octanol–water partition coefficient (Wildman–Crippen LogP) is 1.86. The van der Waals surface area contributed by atoms with Crippen molar-refractivity contribution in [1.82, 2.24) is 0 Å². The number of ether oxygens (including phenoxy) is 3. The van der Waals surface area contributed by atoms with Crippen LogP contribution in [0.4, 0.5) is 0 Å². The molecule has 0 amide bonds. The van der Waals surface area contributed by atoms with Crippen molar-refractivity contribution in [1.29, 1.82) is 0 Å². The van der Waals surface area contributed by atoms with E-state index in [2.05, 4.69) is 6.92 Å². The van der Waals surface area contributed by atoms with Gasteiger partial charge >= 0.3 is 11.9 Å². The van der Waals surface area contributed by atoms with E-state index in [9.17, 15) is 9.59 Å². The predicted molar refractivity (Wildman–Crippen MR) is 73.5 cm³/mol. The number of carboxylic acids is 1. The molecule has 0 rings (SSSR count). The van der Waals surface area contributed by atoms with Gasteiger partial charge in [-0.2, -0.15) is 0 Å². The summed E-state index contributed by atoms with van der Waals surface area (Å²) in [6.45, 7) is 4.78. The first-order valence-electron chi connectivity index (χ1n) is 7.15. The van der Waals surface area contributed by atoms with Crippen LogP contribution >= 0.6 is 0 Å². The fourth-order valence-electron chi connectivity index (χ4n) is 1.64. The third-order valence-corrected chi connectivity index (χ3v) is 2.80. The van der Waals surface area contributed by atoms with Crippen LogP contribution in [0.2, 0.25) is 0 Å². The van der Waals surface area contributed by atoms with Crippen LogP contribution in [0.3, 0.4) is 0 Å². The molecule has 0 radical (unpaired) electrons. The van der Waals surface area contributed by atoms with Crippen molar-refractivity contribution in [2.75, 3.05) is 33.0 Å². The molecule has 6 heteroatoms. The maximum Gasteiger partial charge on any atom is 0.329 e. The van der Waals surface area contributed by atoms with E-state index in [1.54, 1.807) is 0 Å². The highest BCUT2D eigenvalue weighted by molar-refractivity contribution is 5.72. The Hall–Kier alpha value is -1.14. The summed E-state index contributed by atoms with van der Waals surface area (Å²) < 4.78 is 15.1. The number of hydrogen-bond acceptors (Lipinski definition) is 5. The number of carbonyl (C=O) groups excluding carboxylic acids is 1. The molecule has 0 aromatic carbocycles. The highest BCUT2D eigenvalue weighted by Gasteiger charge is 2.16. The first kappa shape index (κ1) is 18.9. The van der Waals surface area contributed by atoms with Gasteiger partial charge in [0.05, 0.1) is 25.7 Å². The van der Waals surface area contributed by atoms with Crippen molar-refractivity contribution >= 4 is 11.9 Å². The molecule has 0 spiro atoms. The Labute approximate surface area is 120 Å². The average Bonchev–Trinajstić information content (AvgIpc) is 2.42. The van der Waals surface area contributed by atoms with E-state index in [4.69, 9.17) is 19.3 Å². The quantitative estimate of drug-likeness (QED) is 0.412. The molecule has 0 aromatic heterocycles. The smallest absolute Gasteiger partial charge is 0.329 e. The summed E-state index contributed by atoms with van der Waals surface area (Å²) in [7, 11) is 0. The first-order valence-corrected chi connectivity index (χ1v) is 7.15. The summed E-state index contributed by atoms with van der Waals surface area (Å²) in [5, 5.41) is 8.33. The van der Waals surface area contributed by atoms with Gasteiger partial charge in [-0.1, -0.05) is 26.7 Å². The number of hydrogen-bond donors (Lipinski definition) is 1. The lowest BCUT2D eigenvalue weighted by molar-refractivity contribution is -0.151. The fraction of sp³-hybridized carbons (Fsp3) is 0.857. The lowest BCUT2D eigenvalue weighted by Crippen LogP contribution is -2.20. The van der Waals surface area contributed by atoms with Crippen LogP contribution in [0, 0.1) is 5.92 Å². The van der Waals surface area contributed by atoms with Gasteiger partial charge in [0.2, 0.25) is 0 Å². The Bertz CT molecular complexity index is 266. The molecule has 20 heavy (non-hydrogen) atoms. The number of rotatable bonds is 13. The van der Waals surface area contributed by atoms with Crippen molar-refractivity contribution in [2.24, 2.45) is 5.92 Å². The number of carboxylic acid groups (broad SMARTS) is 1. The molecule has 0 aromatic rings. The molecule has 0 saturated carbocycles. The molecule has 118 valence electrons. The van der Waals surface area contributed by atoms with E-state index in [1.165, 1.54) is 0 Å². The molecule has 0 heterocycles. The van der Waals surface area contributed by atoms with Gasteiger partial charge in [0, 0.05) is 0 Å². The highest BCUT2D eigenvalue weighted by atomic mass is 16.6. The summed E-state index contributed by atoms with van der Waals surface area (Å²) >= 11 is 0. The number of esters is 1. The largest absolute Gasteiger partial charge is 0.480 e.